The summed E-state index contributed by atoms with van der Waals surface area (Å²) in [4.78, 5) is 12.7. The average molecular weight is 313 g/mol. The van der Waals surface area contributed by atoms with Gasteiger partial charge in [-0.05, 0) is 23.8 Å². The Morgan fingerprint density at radius 3 is 2.82 bits per heavy atom. The monoisotopic (exact) mass is 312 g/mol. The van der Waals surface area contributed by atoms with Crippen molar-refractivity contribution in [1.29, 1.82) is 0 Å². The molecule has 1 aromatic carbocycles. The van der Waals surface area contributed by atoms with Gasteiger partial charge < -0.3 is 9.73 Å². The molecular formula is C16H13ClN4O. The van der Waals surface area contributed by atoms with Crippen LogP contribution in [0.25, 0.3) is 22.1 Å². The van der Waals surface area contributed by atoms with Gasteiger partial charge in [0.15, 0.2) is 11.4 Å². The number of rotatable bonds is 3. The summed E-state index contributed by atoms with van der Waals surface area (Å²) >= 11 is 0. The third-order valence-electron chi connectivity index (χ3n) is 3.34. The van der Waals surface area contributed by atoms with Crippen LogP contribution in [0, 0.1) is 0 Å². The molecule has 0 atom stereocenters. The van der Waals surface area contributed by atoms with Crippen molar-refractivity contribution in [2.75, 3.05) is 5.32 Å². The molecule has 0 spiro atoms. The van der Waals surface area contributed by atoms with E-state index in [1.807, 2.05) is 42.6 Å². The molecule has 0 fully saturated rings. The van der Waals surface area contributed by atoms with Crippen LogP contribution in [-0.4, -0.2) is 15.0 Å². The Morgan fingerprint density at radius 1 is 1.05 bits per heavy atom. The molecule has 0 amide bonds. The fourth-order valence-corrected chi connectivity index (χ4v) is 2.34. The van der Waals surface area contributed by atoms with Crippen molar-refractivity contribution in [2.24, 2.45) is 0 Å². The largest absolute Gasteiger partial charge is 0.450 e. The number of anilines is 1. The Bertz CT molecular complexity index is 908. The van der Waals surface area contributed by atoms with Gasteiger partial charge >= 0.3 is 0 Å². The highest BCUT2D eigenvalue weighted by atomic mass is 35.5. The number of halogens is 1. The number of pyridine rings is 1. The zero-order valence-electron chi connectivity index (χ0n) is 11.6. The molecule has 0 unspecified atom stereocenters. The van der Waals surface area contributed by atoms with Crippen molar-refractivity contribution >= 4 is 40.3 Å². The molecule has 3 heterocycles. The molecule has 3 aromatic heterocycles. The van der Waals surface area contributed by atoms with Gasteiger partial charge in [-0.3, -0.25) is 4.98 Å². The molecule has 0 bridgehead atoms. The van der Waals surface area contributed by atoms with Gasteiger partial charge in [0, 0.05) is 24.3 Å². The second-order valence-corrected chi connectivity index (χ2v) is 4.71. The second kappa shape index (κ2) is 5.99. The van der Waals surface area contributed by atoms with E-state index in [0.29, 0.717) is 17.9 Å². The molecule has 5 nitrogen and oxygen atoms in total. The fraction of sp³-hybridized carbons (Fsp3) is 0.0625. The summed E-state index contributed by atoms with van der Waals surface area (Å²) in [6.45, 7) is 0.636. The van der Waals surface area contributed by atoms with Gasteiger partial charge in [0.05, 0.1) is 0 Å². The first-order valence-electron chi connectivity index (χ1n) is 6.67. The fourth-order valence-electron chi connectivity index (χ4n) is 2.34. The van der Waals surface area contributed by atoms with Crippen LogP contribution in [0.15, 0.2) is 59.5 Å². The minimum Gasteiger partial charge on any atom is -0.450 e. The summed E-state index contributed by atoms with van der Waals surface area (Å²) in [6, 6.07) is 11.8. The lowest BCUT2D eigenvalue weighted by Gasteiger charge is -2.04. The van der Waals surface area contributed by atoms with E-state index >= 15 is 0 Å². The van der Waals surface area contributed by atoms with Crippen molar-refractivity contribution in [1.82, 2.24) is 15.0 Å². The van der Waals surface area contributed by atoms with Crippen LogP contribution in [0.4, 0.5) is 5.82 Å². The van der Waals surface area contributed by atoms with Gasteiger partial charge in [-0.15, -0.1) is 12.4 Å². The molecule has 22 heavy (non-hydrogen) atoms. The quantitative estimate of drug-likeness (QED) is 0.623. The number of hydrogen-bond acceptors (Lipinski definition) is 5. The smallest absolute Gasteiger partial charge is 0.196 e. The van der Waals surface area contributed by atoms with E-state index in [4.69, 9.17) is 4.42 Å². The molecule has 4 rings (SSSR count). The Balaban J connectivity index is 0.00000144. The highest BCUT2D eigenvalue weighted by Gasteiger charge is 2.12. The van der Waals surface area contributed by atoms with E-state index < -0.39 is 0 Å². The number of nitrogens with zero attached hydrogens (tertiary/aromatic N) is 3. The number of hydrogen-bond donors (Lipinski definition) is 1. The molecule has 110 valence electrons. The second-order valence-electron chi connectivity index (χ2n) is 4.71. The average Bonchev–Trinajstić information content (AvgIpc) is 2.93. The maximum absolute atomic E-state index is 5.87. The summed E-state index contributed by atoms with van der Waals surface area (Å²) in [5.41, 5.74) is 3.41. The van der Waals surface area contributed by atoms with Crippen LogP contribution in [0.1, 0.15) is 5.56 Å². The SMILES string of the molecule is Cl.c1cncc(CNc2ncnc3c2oc2ccccc23)c1. The molecule has 1 N–H and O–H groups in total. The summed E-state index contributed by atoms with van der Waals surface area (Å²) in [5.74, 6) is 0.694. The lowest BCUT2D eigenvalue weighted by Crippen LogP contribution is -2.02. The Labute approximate surface area is 132 Å². The first kappa shape index (κ1) is 14.3. The van der Waals surface area contributed by atoms with Gasteiger partial charge in [0.2, 0.25) is 0 Å². The predicted octanol–water partition coefficient (Wildman–Crippen LogP) is 3.80. The normalized spacial score (nSPS) is 10.5. The lowest BCUT2D eigenvalue weighted by molar-refractivity contribution is 0.666. The number of aromatic nitrogens is 3. The first-order chi connectivity index (χ1) is 10.4. The number of benzene rings is 1. The van der Waals surface area contributed by atoms with Gasteiger partial charge in [-0.1, -0.05) is 18.2 Å². The lowest BCUT2D eigenvalue weighted by atomic mass is 10.2. The molecule has 0 aliphatic carbocycles. The van der Waals surface area contributed by atoms with Gasteiger partial charge in [0.1, 0.15) is 17.4 Å². The molecule has 4 aromatic rings. The van der Waals surface area contributed by atoms with Crippen molar-refractivity contribution in [2.45, 2.75) is 6.54 Å². The van der Waals surface area contributed by atoms with Crippen LogP contribution < -0.4 is 5.32 Å². The van der Waals surface area contributed by atoms with E-state index in [0.717, 1.165) is 22.0 Å². The van der Waals surface area contributed by atoms with Crippen LogP contribution in [0.2, 0.25) is 0 Å². The van der Waals surface area contributed by atoms with E-state index in [9.17, 15) is 0 Å². The molecule has 0 saturated carbocycles. The topological polar surface area (TPSA) is 63.8 Å². The van der Waals surface area contributed by atoms with Crippen LogP contribution >= 0.6 is 12.4 Å². The van der Waals surface area contributed by atoms with Crippen LogP contribution in [-0.2, 0) is 6.54 Å². The standard InChI is InChI=1S/C16H12N4O.ClH/c1-2-6-13-12(5-1)14-15(21-13)16(20-10-19-14)18-9-11-4-3-7-17-8-11;/h1-8,10H,9H2,(H,18,19,20);1H. The molecule has 0 aliphatic rings. The number of nitrogens with one attached hydrogen (secondary N) is 1. The van der Waals surface area contributed by atoms with Crippen LogP contribution in [0.5, 0.6) is 0 Å². The van der Waals surface area contributed by atoms with Crippen molar-refractivity contribution in [3.05, 3.63) is 60.7 Å². The molecule has 6 heteroatoms. The van der Waals surface area contributed by atoms with Gasteiger partial charge in [-0.2, -0.15) is 0 Å². The van der Waals surface area contributed by atoms with E-state index in [-0.39, 0.29) is 12.4 Å². The highest BCUT2D eigenvalue weighted by Crippen LogP contribution is 2.30. The van der Waals surface area contributed by atoms with Gasteiger partial charge in [-0.25, -0.2) is 9.97 Å². The zero-order chi connectivity index (χ0) is 14.1. The summed E-state index contributed by atoms with van der Waals surface area (Å²) in [5, 5.41) is 4.28. The summed E-state index contributed by atoms with van der Waals surface area (Å²) in [7, 11) is 0. The zero-order valence-corrected chi connectivity index (χ0v) is 12.4. The Kier molecular flexibility index (Phi) is 3.89. The van der Waals surface area contributed by atoms with Crippen LogP contribution in [0.3, 0.4) is 0 Å². The molecular weight excluding hydrogens is 300 g/mol. The maximum Gasteiger partial charge on any atom is 0.196 e. The predicted molar refractivity (Wildman–Crippen MR) is 88.1 cm³/mol. The highest BCUT2D eigenvalue weighted by molar-refractivity contribution is 6.05. The number of fused-ring (bicyclic) bond motifs is 3. The van der Waals surface area contributed by atoms with E-state index in [1.54, 1.807) is 12.5 Å². The van der Waals surface area contributed by atoms with Crippen molar-refractivity contribution < 1.29 is 4.42 Å². The van der Waals surface area contributed by atoms with Gasteiger partial charge in [0.25, 0.3) is 0 Å². The van der Waals surface area contributed by atoms with E-state index in [2.05, 4.69) is 20.3 Å². The third-order valence-corrected chi connectivity index (χ3v) is 3.34. The first-order valence-corrected chi connectivity index (χ1v) is 6.67. The van der Waals surface area contributed by atoms with E-state index in [1.165, 1.54) is 0 Å². The molecule has 0 radical (unpaired) electrons. The Hall–Kier alpha value is -2.66. The third kappa shape index (κ3) is 2.46. The molecule has 0 saturated heterocycles. The Morgan fingerprint density at radius 2 is 1.95 bits per heavy atom. The molecule has 0 aliphatic heterocycles. The minimum absolute atomic E-state index is 0. The van der Waals surface area contributed by atoms with Crippen molar-refractivity contribution in [3.8, 4) is 0 Å². The minimum atomic E-state index is 0. The number of para-hydroxylation sites is 1. The maximum atomic E-state index is 5.87. The summed E-state index contributed by atoms with van der Waals surface area (Å²) < 4.78 is 5.87. The van der Waals surface area contributed by atoms with Crippen molar-refractivity contribution in [3.63, 3.8) is 0 Å². The summed E-state index contributed by atoms with van der Waals surface area (Å²) in [6.07, 6.45) is 5.13. The number of furan rings is 1.